The van der Waals surface area contributed by atoms with E-state index in [1.807, 2.05) is 0 Å². The molecule has 0 bridgehead atoms. The first-order valence-electron chi connectivity index (χ1n) is 9.53. The number of benzene rings is 4. The molecule has 0 aliphatic heterocycles. The summed E-state index contributed by atoms with van der Waals surface area (Å²) in [5.41, 5.74) is 0.0466. The molecule has 0 aliphatic rings. The predicted octanol–water partition coefficient (Wildman–Crippen LogP) is 6.33. The van der Waals surface area contributed by atoms with Crippen molar-refractivity contribution in [3.05, 3.63) is 86.8 Å². The molecular formula is C22H14Cl4N2O5S2. The van der Waals surface area contributed by atoms with Crippen LogP contribution in [0.25, 0.3) is 10.8 Å². The topological polar surface area (TPSA) is 118 Å². The molecule has 0 spiro atoms. The summed E-state index contributed by atoms with van der Waals surface area (Å²) in [6, 6.07) is 14.2. The van der Waals surface area contributed by atoms with Crippen molar-refractivity contribution in [1.29, 1.82) is 0 Å². The number of aromatic hydroxyl groups is 1. The Labute approximate surface area is 221 Å². The number of halogens is 4. The van der Waals surface area contributed by atoms with Gasteiger partial charge in [-0.3, -0.25) is 0 Å². The third-order valence-electron chi connectivity index (χ3n) is 4.88. The van der Waals surface area contributed by atoms with Crippen molar-refractivity contribution in [2.75, 3.05) is 4.31 Å². The van der Waals surface area contributed by atoms with Gasteiger partial charge < -0.3 is 5.11 Å². The number of hydrogen-bond donors (Lipinski definition) is 2. The summed E-state index contributed by atoms with van der Waals surface area (Å²) < 4.78 is 53.6. The van der Waals surface area contributed by atoms with Crippen LogP contribution in [0, 0.1) is 0 Å². The second-order valence-electron chi connectivity index (χ2n) is 7.40. The van der Waals surface area contributed by atoms with Crippen molar-refractivity contribution in [2.45, 2.75) is 9.79 Å². The fourth-order valence-corrected chi connectivity index (χ4v) is 6.87. The smallest absolute Gasteiger partial charge is 0.269 e. The van der Waals surface area contributed by atoms with Crippen molar-refractivity contribution in [3.8, 4) is 5.75 Å². The quantitative estimate of drug-likeness (QED) is 0.281. The average molecular weight is 592 g/mol. The lowest BCUT2D eigenvalue weighted by molar-refractivity contribution is 0.476. The summed E-state index contributed by atoms with van der Waals surface area (Å²) in [6.07, 6.45) is 0. The highest BCUT2D eigenvalue weighted by Crippen LogP contribution is 2.40. The van der Waals surface area contributed by atoms with Crippen LogP contribution in [-0.2, 0) is 20.0 Å². The molecule has 0 heterocycles. The van der Waals surface area contributed by atoms with Crippen molar-refractivity contribution >= 4 is 88.6 Å². The van der Waals surface area contributed by atoms with Crippen molar-refractivity contribution in [3.63, 3.8) is 0 Å². The zero-order valence-corrected chi connectivity index (χ0v) is 21.9. The summed E-state index contributed by atoms with van der Waals surface area (Å²) in [5, 5.41) is 16.2. The minimum Gasteiger partial charge on any atom is -0.508 e. The van der Waals surface area contributed by atoms with Crippen LogP contribution in [-0.4, -0.2) is 21.9 Å². The third-order valence-corrected chi connectivity index (χ3v) is 8.45. The van der Waals surface area contributed by atoms with Crippen LogP contribution in [0.5, 0.6) is 5.75 Å². The van der Waals surface area contributed by atoms with Gasteiger partial charge in [0, 0.05) is 25.5 Å². The molecule has 0 saturated carbocycles. The van der Waals surface area contributed by atoms with Crippen LogP contribution >= 0.6 is 46.4 Å². The number of primary sulfonamides is 1. The molecule has 4 aromatic rings. The Morgan fingerprint density at radius 3 is 1.63 bits per heavy atom. The second-order valence-corrected chi connectivity index (χ2v) is 12.5. The summed E-state index contributed by atoms with van der Waals surface area (Å²) >= 11 is 24.6. The van der Waals surface area contributed by atoms with Gasteiger partial charge in [0.25, 0.3) is 10.0 Å². The Morgan fingerprint density at radius 2 is 1.17 bits per heavy atom. The Hall–Kier alpha value is -2.24. The number of hydrogen-bond acceptors (Lipinski definition) is 5. The molecule has 0 atom stereocenters. The maximum absolute atomic E-state index is 14.2. The molecule has 13 heteroatoms. The lowest BCUT2D eigenvalue weighted by atomic mass is 10.1. The van der Waals surface area contributed by atoms with Crippen molar-refractivity contribution in [1.82, 2.24) is 0 Å². The fourth-order valence-electron chi connectivity index (χ4n) is 3.50. The molecule has 3 N–H and O–H groups in total. The van der Waals surface area contributed by atoms with E-state index in [0.717, 1.165) is 10.4 Å². The molecular weight excluding hydrogens is 578 g/mol. The lowest BCUT2D eigenvalue weighted by Crippen LogP contribution is -2.27. The van der Waals surface area contributed by atoms with Crippen LogP contribution in [0.2, 0.25) is 20.1 Å². The average Bonchev–Trinajstić information content (AvgIpc) is 2.70. The largest absolute Gasteiger partial charge is 0.508 e. The van der Waals surface area contributed by atoms with Gasteiger partial charge in [0.15, 0.2) is 0 Å². The number of phenolic OH excluding ortho intramolecular Hbond substituents is 1. The van der Waals surface area contributed by atoms with Crippen LogP contribution < -0.4 is 9.44 Å². The Kier molecular flexibility index (Phi) is 6.89. The van der Waals surface area contributed by atoms with E-state index in [1.165, 1.54) is 60.7 Å². The van der Waals surface area contributed by atoms with Crippen molar-refractivity contribution < 1.29 is 21.9 Å². The maximum Gasteiger partial charge on any atom is 0.269 e. The summed E-state index contributed by atoms with van der Waals surface area (Å²) in [4.78, 5) is -0.899. The Balaban J connectivity index is 2.13. The molecule has 0 radical (unpaired) electrons. The van der Waals surface area contributed by atoms with E-state index in [9.17, 15) is 21.9 Å². The van der Waals surface area contributed by atoms with E-state index in [1.54, 1.807) is 0 Å². The molecule has 182 valence electrons. The number of rotatable bonds is 5. The van der Waals surface area contributed by atoms with E-state index in [4.69, 9.17) is 51.5 Å². The van der Waals surface area contributed by atoms with Gasteiger partial charge in [-0.15, -0.1) is 0 Å². The second kappa shape index (κ2) is 9.33. The molecule has 0 aliphatic carbocycles. The van der Waals surface area contributed by atoms with Gasteiger partial charge in [-0.25, -0.2) is 26.3 Å². The Morgan fingerprint density at radius 1 is 0.686 bits per heavy atom. The van der Waals surface area contributed by atoms with Crippen molar-refractivity contribution in [2.24, 2.45) is 5.14 Å². The third kappa shape index (κ3) is 5.31. The lowest BCUT2D eigenvalue weighted by Gasteiger charge is -2.26. The first-order chi connectivity index (χ1) is 16.3. The van der Waals surface area contributed by atoms with Gasteiger partial charge in [-0.1, -0.05) is 52.5 Å². The number of nitrogens with two attached hydrogens (primary N) is 1. The predicted molar refractivity (Wildman–Crippen MR) is 139 cm³/mol. The van der Waals surface area contributed by atoms with Gasteiger partial charge >= 0.3 is 0 Å². The molecule has 35 heavy (non-hydrogen) atoms. The summed E-state index contributed by atoms with van der Waals surface area (Å²) in [7, 11) is -8.93. The van der Waals surface area contributed by atoms with Crippen LogP contribution in [0.3, 0.4) is 0 Å². The first-order valence-corrected chi connectivity index (χ1v) is 14.0. The van der Waals surface area contributed by atoms with E-state index in [2.05, 4.69) is 0 Å². The molecule has 4 rings (SSSR count). The molecule has 0 saturated heterocycles. The van der Waals surface area contributed by atoms with E-state index >= 15 is 0 Å². The highest BCUT2D eigenvalue weighted by atomic mass is 35.5. The molecule has 0 amide bonds. The molecule has 0 fully saturated rings. The Bertz CT molecular complexity index is 1620. The summed E-state index contributed by atoms with van der Waals surface area (Å²) in [5.74, 6) is -0.236. The minimum atomic E-state index is -4.63. The van der Waals surface area contributed by atoms with Crippen LogP contribution in [0.1, 0.15) is 0 Å². The number of sulfonamides is 2. The minimum absolute atomic E-state index is 0.0233. The molecule has 7 nitrogen and oxygen atoms in total. The molecule has 0 aromatic heterocycles. The van der Waals surface area contributed by atoms with E-state index in [-0.39, 0.29) is 48.0 Å². The number of anilines is 2. The van der Waals surface area contributed by atoms with Crippen LogP contribution in [0.4, 0.5) is 11.4 Å². The van der Waals surface area contributed by atoms with Crippen LogP contribution in [0.15, 0.2) is 76.5 Å². The van der Waals surface area contributed by atoms with E-state index in [0.29, 0.717) is 0 Å². The fraction of sp³-hybridized carbons (Fsp3) is 0. The number of nitrogens with zero attached hydrogens (tertiary/aromatic N) is 1. The first kappa shape index (κ1) is 25.8. The zero-order valence-electron chi connectivity index (χ0n) is 17.3. The van der Waals surface area contributed by atoms with Gasteiger partial charge in [-0.2, -0.15) is 0 Å². The summed E-state index contributed by atoms with van der Waals surface area (Å²) in [6.45, 7) is 0. The van der Waals surface area contributed by atoms with Gasteiger partial charge in [0.05, 0.1) is 21.2 Å². The SMILES string of the molecule is NS(=O)(=O)c1cc(S(=O)(=O)N(c2cc(Cl)cc(Cl)c2)c2cc(Cl)cc(Cl)c2)c2cc(O)ccc2c1. The molecule has 4 aromatic carbocycles. The van der Waals surface area contributed by atoms with Gasteiger partial charge in [-0.05, 0) is 66.0 Å². The van der Waals surface area contributed by atoms with E-state index < -0.39 is 29.8 Å². The highest BCUT2D eigenvalue weighted by Gasteiger charge is 2.31. The van der Waals surface area contributed by atoms with Gasteiger partial charge in [0.2, 0.25) is 10.0 Å². The monoisotopic (exact) mass is 590 g/mol. The van der Waals surface area contributed by atoms with Gasteiger partial charge in [0.1, 0.15) is 5.75 Å². The highest BCUT2D eigenvalue weighted by molar-refractivity contribution is 7.93. The number of fused-ring (bicyclic) bond motifs is 1. The number of phenols is 1. The zero-order chi connectivity index (χ0) is 25.7. The standard InChI is InChI=1S/C22H14Cl4N2O5S2/c23-13-4-14(24)7-17(6-13)28(18-8-15(25)5-16(26)9-18)35(32,33)22-11-20(34(27,30)31)3-12-1-2-19(29)10-21(12)22/h1-11,29H,(H2,27,30,31). The maximum atomic E-state index is 14.2. The normalized spacial score (nSPS) is 12.1. The molecule has 0 unspecified atom stereocenters.